The van der Waals surface area contributed by atoms with Crippen molar-refractivity contribution in [2.24, 2.45) is 0 Å². The SMILES string of the molecule is COc1ccc(/C=C/C(=O)c2ccc3c(c2)OCCO3)cc1COc1ccc2c(c1)CCC2. The number of ketones is 1. The summed E-state index contributed by atoms with van der Waals surface area (Å²) in [5.41, 5.74) is 5.19. The van der Waals surface area contributed by atoms with Crippen LogP contribution in [0.2, 0.25) is 0 Å². The smallest absolute Gasteiger partial charge is 0.185 e. The molecule has 5 nitrogen and oxygen atoms in total. The van der Waals surface area contributed by atoms with E-state index in [1.165, 1.54) is 17.5 Å². The first kappa shape index (κ1) is 21.1. The molecule has 0 spiro atoms. The van der Waals surface area contributed by atoms with E-state index in [0.29, 0.717) is 36.9 Å². The van der Waals surface area contributed by atoms with Crippen LogP contribution in [-0.2, 0) is 19.4 Å². The number of hydrogen-bond donors (Lipinski definition) is 0. The van der Waals surface area contributed by atoms with Crippen LogP contribution in [0.3, 0.4) is 0 Å². The molecule has 33 heavy (non-hydrogen) atoms. The minimum atomic E-state index is -0.0984. The summed E-state index contributed by atoms with van der Waals surface area (Å²) in [4.78, 5) is 12.7. The topological polar surface area (TPSA) is 54.0 Å². The van der Waals surface area contributed by atoms with Crippen molar-refractivity contribution in [3.05, 3.63) is 88.5 Å². The lowest BCUT2D eigenvalue weighted by Crippen LogP contribution is -2.15. The average Bonchev–Trinajstić information content (AvgIpc) is 3.33. The van der Waals surface area contributed by atoms with E-state index in [2.05, 4.69) is 12.1 Å². The van der Waals surface area contributed by atoms with Gasteiger partial charge in [-0.3, -0.25) is 4.79 Å². The monoisotopic (exact) mass is 442 g/mol. The predicted octanol–water partition coefficient (Wildman–Crippen LogP) is 5.43. The number of carbonyl (C=O) groups excluding carboxylic acids is 1. The van der Waals surface area contributed by atoms with Gasteiger partial charge in [0.15, 0.2) is 17.3 Å². The first-order valence-electron chi connectivity index (χ1n) is 11.2. The van der Waals surface area contributed by atoms with Crippen LogP contribution in [-0.4, -0.2) is 26.1 Å². The van der Waals surface area contributed by atoms with E-state index in [9.17, 15) is 4.79 Å². The van der Waals surface area contributed by atoms with Crippen molar-refractivity contribution in [2.45, 2.75) is 25.9 Å². The quantitative estimate of drug-likeness (QED) is 0.361. The van der Waals surface area contributed by atoms with Gasteiger partial charge in [-0.05, 0) is 84.5 Å². The minimum Gasteiger partial charge on any atom is -0.496 e. The molecule has 3 aromatic rings. The highest BCUT2D eigenvalue weighted by molar-refractivity contribution is 6.07. The zero-order chi connectivity index (χ0) is 22.6. The summed E-state index contributed by atoms with van der Waals surface area (Å²) in [6, 6.07) is 17.4. The van der Waals surface area contributed by atoms with Gasteiger partial charge in [-0.2, -0.15) is 0 Å². The third kappa shape index (κ3) is 4.72. The van der Waals surface area contributed by atoms with Gasteiger partial charge in [0.1, 0.15) is 31.3 Å². The van der Waals surface area contributed by atoms with Gasteiger partial charge in [0.2, 0.25) is 0 Å². The third-order valence-electron chi connectivity index (χ3n) is 6.02. The molecule has 0 saturated carbocycles. The number of fused-ring (bicyclic) bond motifs is 2. The number of allylic oxidation sites excluding steroid dienone is 1. The Bertz CT molecular complexity index is 1210. The number of carbonyl (C=O) groups is 1. The second kappa shape index (κ2) is 9.41. The van der Waals surface area contributed by atoms with E-state index in [0.717, 1.165) is 35.5 Å². The molecule has 0 bridgehead atoms. The molecule has 0 aromatic heterocycles. The fourth-order valence-corrected chi connectivity index (χ4v) is 4.28. The molecule has 0 fully saturated rings. The molecule has 1 heterocycles. The number of rotatable bonds is 7. The standard InChI is InChI=1S/C28H26O5/c1-30-26-11-6-19(5-10-25(29)22-8-12-27-28(17-22)32-14-13-31-27)15-23(26)18-33-24-9-7-20-3-2-4-21(20)16-24/h5-12,15-17H,2-4,13-14,18H2,1H3/b10-5+. The van der Waals surface area contributed by atoms with Crippen molar-refractivity contribution in [3.63, 3.8) is 0 Å². The van der Waals surface area contributed by atoms with Crippen molar-refractivity contribution in [3.8, 4) is 23.0 Å². The molecule has 3 aromatic carbocycles. The Kier molecular flexibility index (Phi) is 6.03. The fraction of sp³-hybridized carbons (Fsp3) is 0.250. The van der Waals surface area contributed by atoms with E-state index < -0.39 is 0 Å². The van der Waals surface area contributed by atoms with Gasteiger partial charge in [0.05, 0.1) is 7.11 Å². The molecule has 168 valence electrons. The summed E-state index contributed by atoms with van der Waals surface area (Å²) >= 11 is 0. The Morgan fingerprint density at radius 1 is 0.939 bits per heavy atom. The van der Waals surface area contributed by atoms with Crippen LogP contribution >= 0.6 is 0 Å². The van der Waals surface area contributed by atoms with Crippen LogP contribution in [0.25, 0.3) is 6.08 Å². The van der Waals surface area contributed by atoms with Gasteiger partial charge in [0.25, 0.3) is 0 Å². The van der Waals surface area contributed by atoms with Crippen LogP contribution in [0.15, 0.2) is 60.7 Å². The Morgan fingerprint density at radius 3 is 2.67 bits per heavy atom. The normalized spacial score (nSPS) is 14.2. The lowest BCUT2D eigenvalue weighted by Gasteiger charge is -2.18. The maximum absolute atomic E-state index is 12.7. The highest BCUT2D eigenvalue weighted by atomic mass is 16.6. The van der Waals surface area contributed by atoms with Gasteiger partial charge >= 0.3 is 0 Å². The van der Waals surface area contributed by atoms with Crippen molar-refractivity contribution < 1.29 is 23.7 Å². The maximum atomic E-state index is 12.7. The Hall–Kier alpha value is -3.73. The zero-order valence-corrected chi connectivity index (χ0v) is 18.6. The summed E-state index contributed by atoms with van der Waals surface area (Å²) in [7, 11) is 1.65. The summed E-state index contributed by atoms with van der Waals surface area (Å²) in [6.07, 6.45) is 6.86. The van der Waals surface area contributed by atoms with E-state index in [1.54, 1.807) is 37.5 Å². The van der Waals surface area contributed by atoms with Crippen molar-refractivity contribution in [1.82, 2.24) is 0 Å². The predicted molar refractivity (Wildman–Crippen MR) is 127 cm³/mol. The number of benzene rings is 3. The summed E-state index contributed by atoms with van der Waals surface area (Å²) in [5, 5.41) is 0. The number of ether oxygens (including phenoxy) is 4. The molecule has 0 unspecified atom stereocenters. The van der Waals surface area contributed by atoms with E-state index in [-0.39, 0.29) is 5.78 Å². The molecular formula is C28H26O5. The summed E-state index contributed by atoms with van der Waals surface area (Å²) < 4.78 is 22.7. The van der Waals surface area contributed by atoms with Crippen LogP contribution < -0.4 is 18.9 Å². The molecular weight excluding hydrogens is 416 g/mol. The Morgan fingerprint density at radius 2 is 1.79 bits per heavy atom. The van der Waals surface area contributed by atoms with Crippen LogP contribution in [0.5, 0.6) is 23.0 Å². The molecule has 0 amide bonds. The van der Waals surface area contributed by atoms with Gasteiger partial charge in [-0.1, -0.05) is 18.2 Å². The first-order chi connectivity index (χ1) is 16.2. The molecule has 0 saturated heterocycles. The Balaban J connectivity index is 1.29. The molecule has 0 atom stereocenters. The van der Waals surface area contributed by atoms with Crippen LogP contribution in [0.1, 0.15) is 39.0 Å². The maximum Gasteiger partial charge on any atom is 0.185 e. The van der Waals surface area contributed by atoms with Gasteiger partial charge < -0.3 is 18.9 Å². The minimum absolute atomic E-state index is 0.0984. The second-order valence-corrected chi connectivity index (χ2v) is 8.20. The van der Waals surface area contributed by atoms with Gasteiger partial charge in [0, 0.05) is 11.1 Å². The van der Waals surface area contributed by atoms with Gasteiger partial charge in [-0.15, -0.1) is 0 Å². The average molecular weight is 443 g/mol. The zero-order valence-electron chi connectivity index (χ0n) is 18.6. The van der Waals surface area contributed by atoms with Crippen LogP contribution in [0, 0.1) is 0 Å². The molecule has 5 rings (SSSR count). The molecule has 0 N–H and O–H groups in total. The lowest BCUT2D eigenvalue weighted by atomic mass is 10.1. The van der Waals surface area contributed by atoms with E-state index in [4.69, 9.17) is 18.9 Å². The summed E-state index contributed by atoms with van der Waals surface area (Å²) in [6.45, 7) is 1.40. The molecule has 1 aliphatic heterocycles. The largest absolute Gasteiger partial charge is 0.496 e. The second-order valence-electron chi connectivity index (χ2n) is 8.20. The first-order valence-corrected chi connectivity index (χ1v) is 11.2. The third-order valence-corrected chi connectivity index (χ3v) is 6.02. The van der Waals surface area contributed by atoms with E-state index >= 15 is 0 Å². The fourth-order valence-electron chi connectivity index (χ4n) is 4.28. The molecule has 5 heteroatoms. The van der Waals surface area contributed by atoms with Crippen LogP contribution in [0.4, 0.5) is 0 Å². The van der Waals surface area contributed by atoms with Gasteiger partial charge in [-0.25, -0.2) is 0 Å². The summed E-state index contributed by atoms with van der Waals surface area (Å²) in [5.74, 6) is 2.80. The Labute approximate surface area is 193 Å². The van der Waals surface area contributed by atoms with Crippen molar-refractivity contribution in [2.75, 3.05) is 20.3 Å². The lowest BCUT2D eigenvalue weighted by molar-refractivity contribution is 0.104. The number of aryl methyl sites for hydroxylation is 2. The molecule has 1 aliphatic carbocycles. The molecule has 0 radical (unpaired) electrons. The van der Waals surface area contributed by atoms with Crippen molar-refractivity contribution in [1.29, 1.82) is 0 Å². The van der Waals surface area contributed by atoms with Crippen molar-refractivity contribution >= 4 is 11.9 Å². The highest BCUT2D eigenvalue weighted by Gasteiger charge is 2.14. The number of methoxy groups -OCH3 is 1. The van der Waals surface area contributed by atoms with E-state index in [1.807, 2.05) is 24.3 Å². The molecule has 2 aliphatic rings. The number of hydrogen-bond acceptors (Lipinski definition) is 5. The highest BCUT2D eigenvalue weighted by Crippen LogP contribution is 2.31.